The summed E-state index contributed by atoms with van der Waals surface area (Å²) in [5, 5.41) is 15.6. The first-order chi connectivity index (χ1) is 15.3. The zero-order valence-electron chi connectivity index (χ0n) is 17.5. The van der Waals surface area contributed by atoms with Crippen LogP contribution in [-0.2, 0) is 17.8 Å². The van der Waals surface area contributed by atoms with Gasteiger partial charge in [0.2, 0.25) is 11.9 Å². The lowest BCUT2D eigenvalue weighted by Gasteiger charge is -2.30. The zero-order chi connectivity index (χ0) is 22.8. The number of urea groups is 1. The molecule has 0 saturated carbocycles. The average Bonchev–Trinajstić information content (AvgIpc) is 3.09. The van der Waals surface area contributed by atoms with Gasteiger partial charge in [0, 0.05) is 32.8 Å². The predicted octanol–water partition coefficient (Wildman–Crippen LogP) is 1.71. The molecule has 170 valence electrons. The summed E-state index contributed by atoms with van der Waals surface area (Å²) in [5.41, 5.74) is 2.10. The van der Waals surface area contributed by atoms with Crippen LogP contribution in [-0.4, -0.2) is 69.6 Å². The van der Waals surface area contributed by atoms with E-state index in [0.717, 1.165) is 11.3 Å². The van der Waals surface area contributed by atoms with Crippen molar-refractivity contribution in [1.29, 1.82) is 0 Å². The van der Waals surface area contributed by atoms with Crippen LogP contribution in [0.5, 0.6) is 0 Å². The molecule has 0 spiro atoms. The summed E-state index contributed by atoms with van der Waals surface area (Å²) in [6.45, 7) is 0.933. The number of likely N-dealkylation sites (tertiary alicyclic amines) is 1. The average molecular weight is 463 g/mol. The second-order valence-corrected chi connectivity index (χ2v) is 8.42. The highest BCUT2D eigenvalue weighted by atomic mass is 35.5. The SMILES string of the molecule is CN1CC(Nc2ncc3c(n2)CN(C(=O)NC(CO)c2ccc(Cl)c(F)c2)CC3)CC1=O. The first-order valence-corrected chi connectivity index (χ1v) is 10.7. The van der Waals surface area contributed by atoms with Gasteiger partial charge >= 0.3 is 6.03 Å². The highest BCUT2D eigenvalue weighted by Crippen LogP contribution is 2.22. The number of aromatic nitrogens is 2. The standard InChI is InChI=1S/C21H24ClFN6O3/c1-28-9-14(7-19(28)31)25-20-24-8-13-4-5-29(10-17(13)26-20)21(32)27-18(11-30)12-2-3-15(22)16(23)6-12/h2-3,6,8,14,18,30H,4-5,7,9-11H2,1H3,(H,27,32)(H,24,25,26). The first kappa shape index (κ1) is 22.2. The molecular formula is C21H24ClFN6O3. The number of aliphatic hydroxyl groups is 1. The molecule has 1 fully saturated rings. The quantitative estimate of drug-likeness (QED) is 0.624. The van der Waals surface area contributed by atoms with Crippen LogP contribution in [0.4, 0.5) is 15.1 Å². The van der Waals surface area contributed by atoms with Crippen molar-refractivity contribution in [1.82, 2.24) is 25.1 Å². The molecule has 0 radical (unpaired) electrons. The Bertz CT molecular complexity index is 1040. The summed E-state index contributed by atoms with van der Waals surface area (Å²) >= 11 is 5.72. The van der Waals surface area contributed by atoms with Gasteiger partial charge in [-0.1, -0.05) is 17.7 Å². The largest absolute Gasteiger partial charge is 0.394 e. The molecule has 2 atom stereocenters. The number of hydrogen-bond acceptors (Lipinski definition) is 6. The molecule has 2 aliphatic heterocycles. The van der Waals surface area contributed by atoms with Crippen molar-refractivity contribution in [3.8, 4) is 0 Å². The number of fused-ring (bicyclic) bond motifs is 1. The number of hydrogen-bond donors (Lipinski definition) is 3. The van der Waals surface area contributed by atoms with Crippen LogP contribution in [0.1, 0.15) is 29.3 Å². The molecule has 0 bridgehead atoms. The molecule has 1 aromatic carbocycles. The molecule has 1 saturated heterocycles. The van der Waals surface area contributed by atoms with E-state index >= 15 is 0 Å². The van der Waals surface area contributed by atoms with Crippen molar-refractivity contribution in [2.24, 2.45) is 0 Å². The monoisotopic (exact) mass is 462 g/mol. The summed E-state index contributed by atoms with van der Waals surface area (Å²) in [5.74, 6) is -0.123. The van der Waals surface area contributed by atoms with E-state index in [2.05, 4.69) is 20.6 Å². The fraction of sp³-hybridized carbons (Fsp3) is 0.429. The minimum Gasteiger partial charge on any atom is -0.394 e. The smallest absolute Gasteiger partial charge is 0.318 e. The van der Waals surface area contributed by atoms with E-state index < -0.39 is 11.9 Å². The van der Waals surface area contributed by atoms with E-state index in [4.69, 9.17) is 11.6 Å². The number of amides is 3. The highest BCUT2D eigenvalue weighted by Gasteiger charge is 2.28. The van der Waals surface area contributed by atoms with Crippen molar-refractivity contribution in [3.63, 3.8) is 0 Å². The molecular weight excluding hydrogens is 439 g/mol. The van der Waals surface area contributed by atoms with Crippen molar-refractivity contribution >= 4 is 29.5 Å². The molecule has 32 heavy (non-hydrogen) atoms. The third kappa shape index (κ3) is 4.76. The normalized spacial score (nSPS) is 19.0. The van der Waals surface area contributed by atoms with Crippen molar-refractivity contribution in [2.75, 3.05) is 32.1 Å². The minimum absolute atomic E-state index is 0.0258. The molecule has 0 aliphatic carbocycles. The van der Waals surface area contributed by atoms with E-state index in [1.54, 1.807) is 29.1 Å². The Morgan fingerprint density at radius 3 is 2.94 bits per heavy atom. The van der Waals surface area contributed by atoms with Crippen molar-refractivity contribution in [3.05, 3.63) is 52.1 Å². The number of nitrogens with one attached hydrogen (secondary N) is 2. The molecule has 4 rings (SSSR count). The van der Waals surface area contributed by atoms with Gasteiger partial charge < -0.3 is 25.5 Å². The maximum Gasteiger partial charge on any atom is 0.318 e. The second kappa shape index (κ2) is 9.25. The van der Waals surface area contributed by atoms with Gasteiger partial charge in [-0.2, -0.15) is 0 Å². The lowest BCUT2D eigenvalue weighted by atomic mass is 10.1. The molecule has 3 heterocycles. The van der Waals surface area contributed by atoms with Crippen LogP contribution in [0.3, 0.4) is 0 Å². The number of aliphatic hydroxyl groups excluding tert-OH is 1. The maximum atomic E-state index is 13.8. The van der Waals surface area contributed by atoms with Gasteiger partial charge in [-0.3, -0.25) is 4.79 Å². The summed E-state index contributed by atoms with van der Waals surface area (Å²) in [6, 6.07) is 2.94. The molecule has 11 heteroatoms. The summed E-state index contributed by atoms with van der Waals surface area (Å²) in [6.07, 6.45) is 2.72. The second-order valence-electron chi connectivity index (χ2n) is 8.01. The molecule has 2 unspecified atom stereocenters. The molecule has 3 N–H and O–H groups in total. The Balaban J connectivity index is 1.41. The van der Waals surface area contributed by atoms with Gasteiger partial charge in [-0.25, -0.2) is 19.2 Å². The van der Waals surface area contributed by atoms with Crippen LogP contribution in [0.15, 0.2) is 24.4 Å². The molecule has 1 aromatic heterocycles. The van der Waals surface area contributed by atoms with E-state index in [9.17, 15) is 19.1 Å². The van der Waals surface area contributed by atoms with Crippen LogP contribution < -0.4 is 10.6 Å². The molecule has 2 aromatic rings. The van der Waals surface area contributed by atoms with Crippen LogP contribution in [0.25, 0.3) is 0 Å². The van der Waals surface area contributed by atoms with Crippen LogP contribution >= 0.6 is 11.6 Å². The Morgan fingerprint density at radius 1 is 1.44 bits per heavy atom. The van der Waals surface area contributed by atoms with Gasteiger partial charge in [0.15, 0.2) is 0 Å². The lowest BCUT2D eigenvalue weighted by Crippen LogP contribution is -2.45. The lowest BCUT2D eigenvalue weighted by molar-refractivity contribution is -0.126. The molecule has 9 nitrogen and oxygen atoms in total. The number of halogens is 2. The Morgan fingerprint density at radius 2 is 2.25 bits per heavy atom. The number of carbonyl (C=O) groups is 2. The number of rotatable bonds is 5. The molecule has 3 amide bonds. The van der Waals surface area contributed by atoms with E-state index in [0.29, 0.717) is 37.4 Å². The Hall–Kier alpha value is -2.98. The maximum absolute atomic E-state index is 13.8. The van der Waals surface area contributed by atoms with Gasteiger partial charge in [-0.05, 0) is 29.7 Å². The number of anilines is 1. The topological polar surface area (TPSA) is 111 Å². The first-order valence-electron chi connectivity index (χ1n) is 10.3. The fourth-order valence-corrected chi connectivity index (χ4v) is 4.01. The third-order valence-corrected chi connectivity index (χ3v) is 6.04. The van der Waals surface area contributed by atoms with E-state index in [1.807, 2.05) is 0 Å². The number of benzene rings is 1. The summed E-state index contributed by atoms with van der Waals surface area (Å²) in [4.78, 5) is 36.7. The van der Waals surface area contributed by atoms with Gasteiger partial charge in [-0.15, -0.1) is 0 Å². The highest BCUT2D eigenvalue weighted by molar-refractivity contribution is 6.30. The van der Waals surface area contributed by atoms with E-state index in [-0.39, 0.29) is 36.2 Å². The predicted molar refractivity (Wildman–Crippen MR) is 116 cm³/mol. The van der Waals surface area contributed by atoms with Crippen LogP contribution in [0, 0.1) is 5.82 Å². The Labute approximate surface area is 189 Å². The molecule has 2 aliphatic rings. The van der Waals surface area contributed by atoms with Gasteiger partial charge in [0.25, 0.3) is 0 Å². The third-order valence-electron chi connectivity index (χ3n) is 5.73. The van der Waals surface area contributed by atoms with E-state index in [1.165, 1.54) is 12.1 Å². The zero-order valence-corrected chi connectivity index (χ0v) is 18.3. The Kier molecular flexibility index (Phi) is 6.43. The van der Waals surface area contributed by atoms with Gasteiger partial charge in [0.1, 0.15) is 5.82 Å². The van der Waals surface area contributed by atoms with Crippen molar-refractivity contribution in [2.45, 2.75) is 31.5 Å². The fourth-order valence-electron chi connectivity index (χ4n) is 3.89. The number of likely N-dealkylation sites (N-methyl/N-ethyl adjacent to an activating group) is 1. The number of nitrogens with zero attached hydrogens (tertiary/aromatic N) is 4. The van der Waals surface area contributed by atoms with Crippen molar-refractivity contribution < 1.29 is 19.1 Å². The van der Waals surface area contributed by atoms with Crippen LogP contribution in [0.2, 0.25) is 5.02 Å². The summed E-state index contributed by atoms with van der Waals surface area (Å²) < 4.78 is 13.8. The van der Waals surface area contributed by atoms with Gasteiger partial charge in [0.05, 0.1) is 36.0 Å². The minimum atomic E-state index is -0.768. The number of carbonyl (C=O) groups excluding carboxylic acids is 2. The summed E-state index contributed by atoms with van der Waals surface area (Å²) in [7, 11) is 1.76.